The molecular formula is C13H15ClN2O3. The van der Waals surface area contributed by atoms with E-state index in [1.807, 2.05) is 0 Å². The first-order chi connectivity index (χ1) is 9.01. The average molecular weight is 283 g/mol. The molecule has 1 heterocycles. The number of amides is 2. The maximum absolute atomic E-state index is 12.0. The van der Waals surface area contributed by atoms with Crippen LogP contribution in [0, 0.1) is 5.92 Å². The van der Waals surface area contributed by atoms with Gasteiger partial charge in [-0.2, -0.15) is 0 Å². The van der Waals surface area contributed by atoms with Crippen LogP contribution < -0.4 is 10.2 Å². The lowest BCUT2D eigenvalue weighted by Gasteiger charge is -2.20. The highest BCUT2D eigenvalue weighted by molar-refractivity contribution is 6.31. The average Bonchev–Trinajstić information content (AvgIpc) is 2.72. The molecule has 1 unspecified atom stereocenters. The number of carbonyl (C=O) groups excluding carboxylic acids is 2. The molecule has 0 radical (unpaired) electrons. The van der Waals surface area contributed by atoms with E-state index in [0.29, 0.717) is 29.4 Å². The summed E-state index contributed by atoms with van der Waals surface area (Å²) in [6, 6.07) is 4.96. The van der Waals surface area contributed by atoms with E-state index in [1.54, 1.807) is 23.1 Å². The molecule has 0 aromatic heterocycles. The van der Waals surface area contributed by atoms with Gasteiger partial charge in [0.1, 0.15) is 0 Å². The lowest BCUT2D eigenvalue weighted by Crippen LogP contribution is -2.26. The minimum Gasteiger partial charge on any atom is -0.396 e. The maximum atomic E-state index is 12.0. The Balaban J connectivity index is 2.35. The first-order valence-corrected chi connectivity index (χ1v) is 6.37. The summed E-state index contributed by atoms with van der Waals surface area (Å²) in [6.07, 6.45) is 0.308. The van der Waals surface area contributed by atoms with Crippen molar-refractivity contribution in [2.75, 3.05) is 23.4 Å². The Kier molecular flexibility index (Phi) is 4.07. The van der Waals surface area contributed by atoms with E-state index >= 15 is 0 Å². The van der Waals surface area contributed by atoms with Gasteiger partial charge in [0.2, 0.25) is 11.8 Å². The lowest BCUT2D eigenvalue weighted by molar-refractivity contribution is -0.117. The fraction of sp³-hybridized carbons (Fsp3) is 0.385. The van der Waals surface area contributed by atoms with E-state index in [4.69, 9.17) is 16.7 Å². The molecule has 2 N–H and O–H groups in total. The molecule has 2 rings (SSSR count). The van der Waals surface area contributed by atoms with E-state index in [1.165, 1.54) is 6.92 Å². The topological polar surface area (TPSA) is 69.6 Å². The zero-order valence-corrected chi connectivity index (χ0v) is 11.3. The number of nitrogens with zero attached hydrogens (tertiary/aromatic N) is 1. The third kappa shape index (κ3) is 3.05. The standard InChI is InChI=1S/C13H15ClN2O3/c1-8(18)15-11-3-2-10(14)5-12(11)16-6-9(7-17)4-13(16)19/h2-3,5,9,17H,4,6-7H2,1H3,(H,15,18). The van der Waals surface area contributed by atoms with Gasteiger partial charge in [0, 0.05) is 37.4 Å². The van der Waals surface area contributed by atoms with Crippen molar-refractivity contribution in [3.63, 3.8) is 0 Å². The predicted octanol–water partition coefficient (Wildman–Crippen LogP) is 1.64. The minimum atomic E-state index is -0.214. The van der Waals surface area contributed by atoms with Crippen LogP contribution in [0.25, 0.3) is 0 Å². The Hall–Kier alpha value is -1.59. The summed E-state index contributed by atoms with van der Waals surface area (Å²) in [7, 11) is 0. The summed E-state index contributed by atoms with van der Waals surface area (Å²) in [6.45, 7) is 1.81. The van der Waals surface area contributed by atoms with Gasteiger partial charge < -0.3 is 15.3 Å². The Morgan fingerprint density at radius 1 is 1.58 bits per heavy atom. The molecule has 2 amide bonds. The molecule has 1 atom stereocenters. The highest BCUT2D eigenvalue weighted by Gasteiger charge is 2.31. The zero-order chi connectivity index (χ0) is 14.0. The Labute approximate surface area is 116 Å². The van der Waals surface area contributed by atoms with Crippen LogP contribution in [-0.4, -0.2) is 30.1 Å². The third-order valence-corrected chi connectivity index (χ3v) is 3.26. The van der Waals surface area contributed by atoms with Gasteiger partial charge >= 0.3 is 0 Å². The van der Waals surface area contributed by atoms with Crippen LogP contribution in [-0.2, 0) is 9.59 Å². The fourth-order valence-electron chi connectivity index (χ4n) is 2.16. The Morgan fingerprint density at radius 2 is 2.32 bits per heavy atom. The smallest absolute Gasteiger partial charge is 0.227 e. The molecule has 1 aliphatic rings. The number of halogens is 1. The summed E-state index contributed by atoms with van der Waals surface area (Å²) in [4.78, 5) is 24.7. The van der Waals surface area contributed by atoms with E-state index in [0.717, 1.165) is 0 Å². The van der Waals surface area contributed by atoms with Gasteiger partial charge in [0.25, 0.3) is 0 Å². The number of hydrogen-bond acceptors (Lipinski definition) is 3. The molecule has 0 aliphatic carbocycles. The second-order valence-electron chi connectivity index (χ2n) is 4.60. The number of rotatable bonds is 3. The first kappa shape index (κ1) is 13.8. The van der Waals surface area contributed by atoms with Gasteiger partial charge in [0.05, 0.1) is 11.4 Å². The first-order valence-electron chi connectivity index (χ1n) is 5.99. The molecule has 1 aromatic carbocycles. The van der Waals surface area contributed by atoms with Crippen LogP contribution in [0.15, 0.2) is 18.2 Å². The van der Waals surface area contributed by atoms with E-state index in [9.17, 15) is 9.59 Å². The van der Waals surface area contributed by atoms with Crippen molar-refractivity contribution in [2.24, 2.45) is 5.92 Å². The van der Waals surface area contributed by atoms with E-state index < -0.39 is 0 Å². The highest BCUT2D eigenvalue weighted by Crippen LogP contribution is 2.33. The van der Waals surface area contributed by atoms with Crippen molar-refractivity contribution in [3.8, 4) is 0 Å². The molecule has 1 fully saturated rings. The normalized spacial score (nSPS) is 18.8. The van der Waals surface area contributed by atoms with Gasteiger partial charge in [-0.25, -0.2) is 0 Å². The number of benzene rings is 1. The fourth-order valence-corrected chi connectivity index (χ4v) is 2.33. The molecule has 0 spiro atoms. The van der Waals surface area contributed by atoms with Crippen molar-refractivity contribution < 1.29 is 14.7 Å². The molecule has 0 bridgehead atoms. The maximum Gasteiger partial charge on any atom is 0.227 e. The summed E-state index contributed by atoms with van der Waals surface area (Å²) in [5.74, 6) is -0.362. The number of nitrogens with one attached hydrogen (secondary N) is 1. The molecule has 0 saturated carbocycles. The predicted molar refractivity (Wildman–Crippen MR) is 73.3 cm³/mol. The molecular weight excluding hydrogens is 268 g/mol. The van der Waals surface area contributed by atoms with Crippen molar-refractivity contribution in [2.45, 2.75) is 13.3 Å². The van der Waals surface area contributed by atoms with Gasteiger partial charge in [-0.1, -0.05) is 11.6 Å². The Morgan fingerprint density at radius 3 is 2.89 bits per heavy atom. The molecule has 1 aliphatic heterocycles. The van der Waals surface area contributed by atoms with Crippen molar-refractivity contribution in [3.05, 3.63) is 23.2 Å². The lowest BCUT2D eigenvalue weighted by atomic mass is 10.1. The van der Waals surface area contributed by atoms with Crippen LogP contribution in [0.3, 0.4) is 0 Å². The molecule has 1 aromatic rings. The number of aliphatic hydroxyl groups excluding tert-OH is 1. The number of carbonyl (C=O) groups is 2. The molecule has 102 valence electrons. The summed E-state index contributed by atoms with van der Waals surface area (Å²) < 4.78 is 0. The molecule has 1 saturated heterocycles. The van der Waals surface area contributed by atoms with Crippen LogP contribution in [0.1, 0.15) is 13.3 Å². The summed E-state index contributed by atoms with van der Waals surface area (Å²) in [5, 5.41) is 12.3. The summed E-state index contributed by atoms with van der Waals surface area (Å²) in [5.41, 5.74) is 1.12. The molecule has 6 heteroatoms. The van der Waals surface area contributed by atoms with Crippen LogP contribution in [0.2, 0.25) is 5.02 Å². The van der Waals surface area contributed by atoms with E-state index in [-0.39, 0.29) is 24.3 Å². The van der Waals surface area contributed by atoms with Crippen molar-refractivity contribution in [1.82, 2.24) is 0 Å². The van der Waals surface area contributed by atoms with Crippen LogP contribution in [0.5, 0.6) is 0 Å². The number of aliphatic hydroxyl groups is 1. The summed E-state index contributed by atoms with van der Waals surface area (Å²) >= 11 is 5.95. The largest absolute Gasteiger partial charge is 0.396 e. The van der Waals surface area contributed by atoms with Gasteiger partial charge in [0.15, 0.2) is 0 Å². The van der Waals surface area contributed by atoms with Gasteiger partial charge in [-0.3, -0.25) is 9.59 Å². The second-order valence-corrected chi connectivity index (χ2v) is 5.04. The monoisotopic (exact) mass is 282 g/mol. The van der Waals surface area contributed by atoms with Crippen molar-refractivity contribution in [1.29, 1.82) is 0 Å². The van der Waals surface area contributed by atoms with Crippen molar-refractivity contribution >= 4 is 34.8 Å². The highest BCUT2D eigenvalue weighted by atomic mass is 35.5. The SMILES string of the molecule is CC(=O)Nc1ccc(Cl)cc1N1CC(CO)CC1=O. The van der Waals surface area contributed by atoms with Gasteiger partial charge in [-0.15, -0.1) is 0 Å². The molecule has 5 nitrogen and oxygen atoms in total. The van der Waals surface area contributed by atoms with E-state index in [2.05, 4.69) is 5.32 Å². The van der Waals surface area contributed by atoms with Crippen LogP contribution in [0.4, 0.5) is 11.4 Å². The van der Waals surface area contributed by atoms with Gasteiger partial charge in [-0.05, 0) is 18.2 Å². The zero-order valence-electron chi connectivity index (χ0n) is 10.5. The number of anilines is 2. The Bertz CT molecular complexity index is 519. The number of hydrogen-bond donors (Lipinski definition) is 2. The second kappa shape index (κ2) is 5.59. The minimum absolute atomic E-state index is 0.0295. The quantitative estimate of drug-likeness (QED) is 0.885. The van der Waals surface area contributed by atoms with Crippen LogP contribution >= 0.6 is 11.6 Å². The molecule has 19 heavy (non-hydrogen) atoms. The third-order valence-electron chi connectivity index (χ3n) is 3.02.